The average Bonchev–Trinajstić information content (AvgIpc) is 3.27. The van der Waals surface area contributed by atoms with E-state index in [2.05, 4.69) is 10.6 Å². The molecule has 2 aliphatic rings. The number of amides is 3. The average molecular weight is 502 g/mol. The monoisotopic (exact) mass is 501 g/mol. The van der Waals surface area contributed by atoms with Gasteiger partial charge in [0.05, 0.1) is 43.4 Å². The molecule has 0 unspecified atom stereocenters. The van der Waals surface area contributed by atoms with Gasteiger partial charge in [0.25, 0.3) is 5.91 Å². The lowest BCUT2D eigenvalue weighted by molar-refractivity contribution is -0.119. The van der Waals surface area contributed by atoms with Gasteiger partial charge in [0.15, 0.2) is 0 Å². The SMILES string of the molecule is CC(=O)NC[C@H]1CN(c2cc(F)c(N3CCOCC3)cc2NCc2ccc(C(=O)NO)cc2)C(=O)O1. The third-order valence-electron chi connectivity index (χ3n) is 5.96. The maximum absolute atomic E-state index is 15.3. The fraction of sp³-hybridized carbons (Fsp3) is 0.375. The van der Waals surface area contributed by atoms with Crippen molar-refractivity contribution < 1.29 is 33.5 Å². The first-order valence-electron chi connectivity index (χ1n) is 11.5. The van der Waals surface area contributed by atoms with Crippen molar-refractivity contribution in [3.63, 3.8) is 0 Å². The normalized spacial score (nSPS) is 17.5. The Morgan fingerprint density at radius 2 is 1.86 bits per heavy atom. The minimum absolute atomic E-state index is 0.148. The number of nitrogens with zero attached hydrogens (tertiary/aromatic N) is 2. The van der Waals surface area contributed by atoms with E-state index in [0.29, 0.717) is 55.5 Å². The molecular formula is C24H28FN5O6. The number of hydrogen-bond acceptors (Lipinski definition) is 8. The van der Waals surface area contributed by atoms with Crippen molar-refractivity contribution >= 4 is 35.0 Å². The Morgan fingerprint density at radius 3 is 2.53 bits per heavy atom. The Morgan fingerprint density at radius 1 is 1.14 bits per heavy atom. The topological polar surface area (TPSA) is 132 Å². The number of morpholine rings is 1. The molecule has 2 aromatic rings. The Labute approximate surface area is 207 Å². The van der Waals surface area contributed by atoms with Crippen LogP contribution < -0.4 is 25.9 Å². The second kappa shape index (κ2) is 11.2. The molecule has 3 amide bonds. The molecule has 0 spiro atoms. The van der Waals surface area contributed by atoms with Gasteiger partial charge in [-0.25, -0.2) is 14.7 Å². The summed E-state index contributed by atoms with van der Waals surface area (Å²) in [7, 11) is 0. The third kappa shape index (κ3) is 5.83. The number of anilines is 3. The van der Waals surface area contributed by atoms with Crippen LogP contribution in [0.3, 0.4) is 0 Å². The summed E-state index contributed by atoms with van der Waals surface area (Å²) in [5.74, 6) is -1.34. The molecule has 11 nitrogen and oxygen atoms in total. The Kier molecular flexibility index (Phi) is 7.86. The summed E-state index contributed by atoms with van der Waals surface area (Å²) >= 11 is 0. The highest BCUT2D eigenvalue weighted by Gasteiger charge is 2.34. The number of carbonyl (C=O) groups is 3. The van der Waals surface area contributed by atoms with Crippen LogP contribution >= 0.6 is 0 Å². The lowest BCUT2D eigenvalue weighted by Crippen LogP contribution is -2.37. The highest BCUT2D eigenvalue weighted by molar-refractivity contribution is 5.95. The molecule has 12 heteroatoms. The molecule has 0 aliphatic carbocycles. The lowest BCUT2D eigenvalue weighted by Gasteiger charge is -2.30. The van der Waals surface area contributed by atoms with Crippen LogP contribution in [0.1, 0.15) is 22.8 Å². The van der Waals surface area contributed by atoms with E-state index in [9.17, 15) is 14.4 Å². The number of benzene rings is 2. The Bertz CT molecular complexity index is 1120. The summed E-state index contributed by atoms with van der Waals surface area (Å²) in [6.45, 7) is 4.04. The van der Waals surface area contributed by atoms with Crippen LogP contribution in [0.15, 0.2) is 36.4 Å². The predicted molar refractivity (Wildman–Crippen MR) is 129 cm³/mol. The van der Waals surface area contributed by atoms with E-state index in [-0.39, 0.29) is 19.0 Å². The summed E-state index contributed by atoms with van der Waals surface area (Å²) in [4.78, 5) is 38.7. The number of ether oxygens (including phenoxy) is 2. The number of hydroxylamine groups is 1. The lowest BCUT2D eigenvalue weighted by atomic mass is 10.1. The Hall–Kier alpha value is -3.90. The van der Waals surface area contributed by atoms with Gasteiger partial charge < -0.3 is 25.0 Å². The predicted octanol–water partition coefficient (Wildman–Crippen LogP) is 1.85. The first kappa shape index (κ1) is 25.2. The van der Waals surface area contributed by atoms with Gasteiger partial charge in [-0.3, -0.25) is 19.7 Å². The molecule has 4 N–H and O–H groups in total. The van der Waals surface area contributed by atoms with Crippen molar-refractivity contribution in [2.45, 2.75) is 19.6 Å². The number of hydrogen-bond donors (Lipinski definition) is 4. The molecule has 4 rings (SSSR count). The number of rotatable bonds is 8. The molecule has 2 saturated heterocycles. The van der Waals surface area contributed by atoms with Crippen LogP contribution in [0.2, 0.25) is 0 Å². The third-order valence-corrected chi connectivity index (χ3v) is 5.96. The maximum Gasteiger partial charge on any atom is 0.414 e. The molecule has 1 atom stereocenters. The number of cyclic esters (lactones) is 1. The van der Waals surface area contributed by atoms with Gasteiger partial charge in [-0.1, -0.05) is 12.1 Å². The summed E-state index contributed by atoms with van der Waals surface area (Å²) < 4.78 is 26.0. The summed E-state index contributed by atoms with van der Waals surface area (Å²) in [6.07, 6.45) is -1.20. The van der Waals surface area contributed by atoms with Gasteiger partial charge in [0.2, 0.25) is 5.91 Å². The zero-order chi connectivity index (χ0) is 25.7. The van der Waals surface area contributed by atoms with Crippen LogP contribution in [0.5, 0.6) is 0 Å². The highest BCUT2D eigenvalue weighted by Crippen LogP contribution is 2.36. The molecule has 0 aromatic heterocycles. The smallest absolute Gasteiger partial charge is 0.414 e. The molecule has 2 aromatic carbocycles. The number of nitrogens with one attached hydrogen (secondary N) is 3. The maximum atomic E-state index is 15.3. The van der Waals surface area contributed by atoms with Crippen molar-refractivity contribution in [2.24, 2.45) is 0 Å². The second-order valence-electron chi connectivity index (χ2n) is 8.47. The zero-order valence-corrected chi connectivity index (χ0v) is 19.8. The Balaban J connectivity index is 1.59. The van der Waals surface area contributed by atoms with E-state index >= 15 is 4.39 Å². The van der Waals surface area contributed by atoms with E-state index in [1.54, 1.807) is 35.8 Å². The van der Waals surface area contributed by atoms with E-state index in [1.165, 1.54) is 17.9 Å². The number of carbonyl (C=O) groups excluding carboxylic acids is 3. The van der Waals surface area contributed by atoms with Crippen molar-refractivity contribution in [1.29, 1.82) is 0 Å². The van der Waals surface area contributed by atoms with E-state index in [4.69, 9.17) is 14.7 Å². The van der Waals surface area contributed by atoms with Crippen molar-refractivity contribution in [2.75, 3.05) is 54.5 Å². The van der Waals surface area contributed by atoms with Gasteiger partial charge in [-0.2, -0.15) is 0 Å². The molecule has 2 fully saturated rings. The largest absolute Gasteiger partial charge is 0.442 e. The van der Waals surface area contributed by atoms with Crippen molar-refractivity contribution in [3.8, 4) is 0 Å². The van der Waals surface area contributed by atoms with E-state index in [0.717, 1.165) is 5.56 Å². The molecule has 0 saturated carbocycles. The van der Waals surface area contributed by atoms with Crippen LogP contribution in [0, 0.1) is 5.82 Å². The van der Waals surface area contributed by atoms with Crippen LogP contribution in [-0.2, 0) is 20.8 Å². The van der Waals surface area contributed by atoms with Crippen molar-refractivity contribution in [3.05, 3.63) is 53.3 Å². The molecule has 0 radical (unpaired) electrons. The molecular weight excluding hydrogens is 473 g/mol. The zero-order valence-electron chi connectivity index (χ0n) is 19.8. The van der Waals surface area contributed by atoms with Gasteiger partial charge >= 0.3 is 6.09 Å². The first-order valence-corrected chi connectivity index (χ1v) is 11.5. The van der Waals surface area contributed by atoms with Crippen LogP contribution in [-0.4, -0.2) is 68.6 Å². The summed E-state index contributed by atoms with van der Waals surface area (Å²) in [6, 6.07) is 9.55. The van der Waals surface area contributed by atoms with Gasteiger partial charge in [0.1, 0.15) is 11.9 Å². The standard InChI is InChI=1S/C24H28FN5O6/c1-15(31)26-13-18-14-30(24(33)36-18)22-10-19(25)21(29-6-8-35-9-7-29)11-20(22)27-12-16-2-4-17(5-3-16)23(32)28-34/h2-5,10-11,18,27,34H,6-9,12-14H2,1H3,(H,26,31)(H,28,32)/t18-/m0/s1. The molecule has 36 heavy (non-hydrogen) atoms. The van der Waals surface area contributed by atoms with Gasteiger partial charge in [0, 0.05) is 38.2 Å². The summed E-state index contributed by atoms with van der Waals surface area (Å²) in [5, 5.41) is 14.7. The molecule has 192 valence electrons. The van der Waals surface area contributed by atoms with Gasteiger partial charge in [-0.05, 0) is 23.8 Å². The minimum Gasteiger partial charge on any atom is -0.442 e. The van der Waals surface area contributed by atoms with Gasteiger partial charge in [-0.15, -0.1) is 0 Å². The van der Waals surface area contributed by atoms with E-state index < -0.39 is 23.9 Å². The number of halogens is 1. The fourth-order valence-corrected chi connectivity index (χ4v) is 4.08. The van der Waals surface area contributed by atoms with Crippen LogP contribution in [0.25, 0.3) is 0 Å². The molecule has 0 bridgehead atoms. The summed E-state index contributed by atoms with van der Waals surface area (Å²) in [5.41, 5.74) is 3.93. The highest BCUT2D eigenvalue weighted by atomic mass is 19.1. The molecule has 2 aliphatic heterocycles. The quantitative estimate of drug-likeness (QED) is 0.318. The minimum atomic E-state index is -0.633. The van der Waals surface area contributed by atoms with Crippen molar-refractivity contribution in [1.82, 2.24) is 10.8 Å². The first-order chi connectivity index (χ1) is 17.4. The van der Waals surface area contributed by atoms with Crippen LogP contribution in [0.4, 0.5) is 26.2 Å². The fourth-order valence-electron chi connectivity index (χ4n) is 4.08. The second-order valence-corrected chi connectivity index (χ2v) is 8.47. The van der Waals surface area contributed by atoms with E-state index in [1.807, 2.05) is 4.90 Å². The molecule has 2 heterocycles.